The molecule has 3 nitrogen and oxygen atoms in total. The van der Waals surface area contributed by atoms with E-state index in [9.17, 15) is 0 Å². The summed E-state index contributed by atoms with van der Waals surface area (Å²) in [7, 11) is 0. The predicted molar refractivity (Wildman–Crippen MR) is 48.6 cm³/mol. The molecule has 1 aliphatic rings. The van der Waals surface area contributed by atoms with E-state index >= 15 is 0 Å². The summed E-state index contributed by atoms with van der Waals surface area (Å²) >= 11 is 1.43. The Balaban J connectivity index is 1.86. The average Bonchev–Trinajstić information content (AvgIpc) is 2.59. The van der Waals surface area contributed by atoms with Crippen LogP contribution in [0.1, 0.15) is 12.8 Å². The van der Waals surface area contributed by atoms with E-state index in [-0.39, 0.29) is 0 Å². The van der Waals surface area contributed by atoms with E-state index in [0.29, 0.717) is 6.10 Å². The SMILES string of the molecule is c1nscc1OC1CCCNC1. The highest BCUT2D eigenvalue weighted by Crippen LogP contribution is 2.16. The highest BCUT2D eigenvalue weighted by atomic mass is 32.1. The Kier molecular flexibility index (Phi) is 2.58. The molecule has 1 unspecified atom stereocenters. The van der Waals surface area contributed by atoms with Crippen LogP contribution in [0.2, 0.25) is 0 Å². The van der Waals surface area contributed by atoms with Gasteiger partial charge < -0.3 is 10.1 Å². The summed E-state index contributed by atoms with van der Waals surface area (Å²) in [5.41, 5.74) is 0. The number of nitrogens with one attached hydrogen (secondary N) is 1. The Morgan fingerprint density at radius 1 is 1.67 bits per heavy atom. The van der Waals surface area contributed by atoms with E-state index in [2.05, 4.69) is 9.69 Å². The fourth-order valence-corrected chi connectivity index (χ4v) is 1.81. The molecule has 1 fully saturated rings. The Hall–Kier alpha value is -0.610. The fourth-order valence-electron chi connectivity index (χ4n) is 1.37. The molecule has 66 valence electrons. The van der Waals surface area contributed by atoms with Gasteiger partial charge in [-0.05, 0) is 30.9 Å². The molecule has 1 atom stereocenters. The largest absolute Gasteiger partial charge is 0.487 e. The first kappa shape index (κ1) is 8.01. The van der Waals surface area contributed by atoms with Crippen molar-refractivity contribution in [1.29, 1.82) is 0 Å². The second-order valence-corrected chi connectivity index (χ2v) is 3.60. The monoisotopic (exact) mass is 184 g/mol. The fraction of sp³-hybridized carbons (Fsp3) is 0.625. The number of piperidine rings is 1. The highest BCUT2D eigenvalue weighted by Gasteiger charge is 2.14. The lowest BCUT2D eigenvalue weighted by Crippen LogP contribution is -2.37. The lowest BCUT2D eigenvalue weighted by molar-refractivity contribution is 0.167. The maximum absolute atomic E-state index is 5.68. The second-order valence-electron chi connectivity index (χ2n) is 2.95. The van der Waals surface area contributed by atoms with Gasteiger partial charge in [-0.15, -0.1) is 0 Å². The van der Waals surface area contributed by atoms with Gasteiger partial charge >= 0.3 is 0 Å². The topological polar surface area (TPSA) is 34.1 Å². The van der Waals surface area contributed by atoms with Gasteiger partial charge in [0.1, 0.15) is 11.9 Å². The summed E-state index contributed by atoms with van der Waals surface area (Å²) < 4.78 is 9.66. The molecule has 1 aliphatic heterocycles. The van der Waals surface area contributed by atoms with Gasteiger partial charge in [-0.3, -0.25) is 0 Å². The van der Waals surface area contributed by atoms with E-state index < -0.39 is 0 Å². The molecule has 0 aliphatic carbocycles. The number of hydrogen-bond acceptors (Lipinski definition) is 4. The summed E-state index contributed by atoms with van der Waals surface area (Å²) in [4.78, 5) is 0. The van der Waals surface area contributed by atoms with Gasteiger partial charge in [0.05, 0.1) is 11.6 Å². The molecule has 2 rings (SSSR count). The Morgan fingerprint density at radius 2 is 2.67 bits per heavy atom. The molecular weight excluding hydrogens is 172 g/mol. The first-order valence-corrected chi connectivity index (χ1v) is 5.05. The van der Waals surface area contributed by atoms with Crippen LogP contribution in [0.4, 0.5) is 0 Å². The first-order chi connectivity index (χ1) is 5.95. The summed E-state index contributed by atoms with van der Waals surface area (Å²) in [6, 6.07) is 0. The third kappa shape index (κ3) is 1.95. The third-order valence-electron chi connectivity index (χ3n) is 1.96. The van der Waals surface area contributed by atoms with Crippen LogP contribution in [0.3, 0.4) is 0 Å². The molecule has 0 amide bonds. The van der Waals surface area contributed by atoms with E-state index in [4.69, 9.17) is 4.74 Å². The molecule has 1 aromatic rings. The van der Waals surface area contributed by atoms with Crippen LogP contribution in [0.25, 0.3) is 0 Å². The van der Waals surface area contributed by atoms with Crippen molar-refractivity contribution in [1.82, 2.24) is 9.69 Å². The predicted octanol–water partition coefficient (Wildman–Crippen LogP) is 1.27. The van der Waals surface area contributed by atoms with Crippen molar-refractivity contribution in [2.75, 3.05) is 13.1 Å². The normalized spacial score (nSPS) is 23.8. The molecule has 0 bridgehead atoms. The van der Waals surface area contributed by atoms with Crippen LogP contribution >= 0.6 is 11.5 Å². The van der Waals surface area contributed by atoms with Crippen molar-refractivity contribution in [3.8, 4) is 5.75 Å². The maximum Gasteiger partial charge on any atom is 0.150 e. The maximum atomic E-state index is 5.68. The summed E-state index contributed by atoms with van der Waals surface area (Å²) in [5.74, 6) is 0.911. The van der Waals surface area contributed by atoms with Crippen LogP contribution < -0.4 is 10.1 Å². The summed E-state index contributed by atoms with van der Waals surface area (Å²) in [5, 5.41) is 5.24. The van der Waals surface area contributed by atoms with Crippen molar-refractivity contribution < 1.29 is 4.74 Å². The zero-order chi connectivity index (χ0) is 8.23. The van der Waals surface area contributed by atoms with Gasteiger partial charge in [0.25, 0.3) is 0 Å². The van der Waals surface area contributed by atoms with Gasteiger partial charge in [-0.2, -0.15) is 4.37 Å². The van der Waals surface area contributed by atoms with Crippen molar-refractivity contribution >= 4 is 11.5 Å². The van der Waals surface area contributed by atoms with Crippen LogP contribution in [0.15, 0.2) is 11.6 Å². The smallest absolute Gasteiger partial charge is 0.150 e. The van der Waals surface area contributed by atoms with Gasteiger partial charge in [0, 0.05) is 6.54 Å². The van der Waals surface area contributed by atoms with Gasteiger partial charge in [0.15, 0.2) is 0 Å². The number of aromatic nitrogens is 1. The number of hydrogen-bond donors (Lipinski definition) is 1. The second kappa shape index (κ2) is 3.87. The molecule has 1 N–H and O–H groups in total. The molecule has 2 heterocycles. The van der Waals surface area contributed by atoms with Crippen molar-refractivity contribution in [2.24, 2.45) is 0 Å². The quantitative estimate of drug-likeness (QED) is 0.751. The zero-order valence-electron chi connectivity index (χ0n) is 6.82. The average molecular weight is 184 g/mol. The number of rotatable bonds is 2. The highest BCUT2D eigenvalue weighted by molar-refractivity contribution is 7.03. The van der Waals surface area contributed by atoms with E-state index in [0.717, 1.165) is 25.3 Å². The lowest BCUT2D eigenvalue weighted by Gasteiger charge is -2.22. The van der Waals surface area contributed by atoms with Crippen LogP contribution in [-0.4, -0.2) is 23.6 Å². The molecule has 0 aromatic carbocycles. The standard InChI is InChI=1S/C8H12N2OS/c1-2-7(4-9-3-1)11-8-5-10-12-6-8/h5-7,9H,1-4H2. The lowest BCUT2D eigenvalue weighted by atomic mass is 10.1. The molecule has 4 heteroatoms. The van der Waals surface area contributed by atoms with Crippen LogP contribution in [0.5, 0.6) is 5.75 Å². The van der Waals surface area contributed by atoms with Crippen molar-refractivity contribution in [3.05, 3.63) is 11.6 Å². The number of nitrogens with zero attached hydrogens (tertiary/aromatic N) is 1. The third-order valence-corrected chi connectivity index (χ3v) is 2.53. The first-order valence-electron chi connectivity index (χ1n) is 4.22. The van der Waals surface area contributed by atoms with Gasteiger partial charge in [-0.1, -0.05) is 0 Å². The summed E-state index contributed by atoms with van der Waals surface area (Å²) in [6.45, 7) is 2.09. The minimum atomic E-state index is 0.343. The Bertz CT molecular complexity index is 219. The van der Waals surface area contributed by atoms with Crippen molar-refractivity contribution in [2.45, 2.75) is 18.9 Å². The molecule has 0 spiro atoms. The molecule has 0 radical (unpaired) electrons. The van der Waals surface area contributed by atoms with Gasteiger partial charge in [0.2, 0.25) is 0 Å². The molecule has 0 saturated carbocycles. The summed E-state index contributed by atoms with van der Waals surface area (Å²) in [6.07, 6.45) is 4.49. The molecule has 1 saturated heterocycles. The molecule has 1 aromatic heterocycles. The minimum Gasteiger partial charge on any atom is -0.487 e. The number of ether oxygens (including phenoxy) is 1. The minimum absolute atomic E-state index is 0.343. The molecular formula is C8H12N2OS. The molecule has 12 heavy (non-hydrogen) atoms. The van der Waals surface area contributed by atoms with E-state index in [1.165, 1.54) is 18.0 Å². The van der Waals surface area contributed by atoms with E-state index in [1.54, 1.807) is 6.20 Å². The van der Waals surface area contributed by atoms with Crippen LogP contribution in [0, 0.1) is 0 Å². The Labute approximate surface area is 75.9 Å². The van der Waals surface area contributed by atoms with E-state index in [1.807, 2.05) is 5.38 Å². The van der Waals surface area contributed by atoms with Gasteiger partial charge in [-0.25, -0.2) is 0 Å². The van der Waals surface area contributed by atoms with Crippen molar-refractivity contribution in [3.63, 3.8) is 0 Å². The zero-order valence-corrected chi connectivity index (χ0v) is 7.64. The Morgan fingerprint density at radius 3 is 3.33 bits per heavy atom. The van der Waals surface area contributed by atoms with Crippen LogP contribution in [-0.2, 0) is 0 Å².